The Morgan fingerprint density at radius 3 is 2.15 bits per heavy atom. The van der Waals surface area contributed by atoms with E-state index in [9.17, 15) is 29.4 Å². The summed E-state index contributed by atoms with van der Waals surface area (Å²) < 4.78 is 9.83. The van der Waals surface area contributed by atoms with Crippen molar-refractivity contribution in [3.05, 3.63) is 65.9 Å². The van der Waals surface area contributed by atoms with E-state index >= 15 is 0 Å². The quantitative estimate of drug-likeness (QED) is 0.105. The monoisotopic (exact) mass is 639 g/mol. The predicted molar refractivity (Wildman–Crippen MR) is 172 cm³/mol. The number of phenols is 1. The Hall–Kier alpha value is -4.46. The number of carbonyl (C=O) groups excluding carboxylic acids is 4. The number of carbonyl (C=O) groups is 4. The number of aliphatic hydroxyl groups is 1. The number of aromatic nitrogens is 1. The number of benzene rings is 2. The van der Waals surface area contributed by atoms with Crippen LogP contribution in [0.5, 0.6) is 5.75 Å². The van der Waals surface area contributed by atoms with Crippen molar-refractivity contribution in [2.24, 2.45) is 11.7 Å². The molecule has 250 valence electrons. The van der Waals surface area contributed by atoms with Crippen LogP contribution >= 0.6 is 0 Å². The minimum atomic E-state index is -1.65. The van der Waals surface area contributed by atoms with Crippen molar-refractivity contribution in [1.29, 1.82) is 0 Å². The van der Waals surface area contributed by atoms with Crippen molar-refractivity contribution in [1.82, 2.24) is 20.9 Å². The number of aromatic amines is 1. The first-order valence-corrected chi connectivity index (χ1v) is 15.2. The fourth-order valence-corrected chi connectivity index (χ4v) is 5.11. The number of methoxy groups -OCH3 is 2. The molecule has 0 spiro atoms. The number of phenolic OH excluding ortho intramolecular Hbond substituents is 1. The first-order chi connectivity index (χ1) is 21.9. The fourth-order valence-electron chi connectivity index (χ4n) is 5.11. The molecule has 46 heavy (non-hydrogen) atoms. The molecule has 0 aliphatic heterocycles. The molecule has 3 aromatic rings. The zero-order chi connectivity index (χ0) is 33.8. The number of esters is 2. The number of nitrogens with two attached hydrogens (primary N) is 1. The Kier molecular flexibility index (Phi) is 13.5. The van der Waals surface area contributed by atoms with Gasteiger partial charge in [-0.2, -0.15) is 0 Å². The molecule has 0 aliphatic carbocycles. The molecule has 1 aromatic heterocycles. The minimum Gasteiger partial charge on any atom is -0.508 e. The third-order valence-electron chi connectivity index (χ3n) is 7.65. The summed E-state index contributed by atoms with van der Waals surface area (Å²) in [5.41, 5.74) is 8.62. The van der Waals surface area contributed by atoms with Gasteiger partial charge in [-0.25, -0.2) is 4.79 Å². The van der Waals surface area contributed by atoms with Crippen molar-refractivity contribution < 1.29 is 38.9 Å². The highest BCUT2D eigenvalue weighted by Crippen LogP contribution is 2.20. The number of H-pyrrole nitrogens is 1. The molecular formula is C33H45N5O8. The number of hydrogen-bond acceptors (Lipinski definition) is 10. The van der Waals surface area contributed by atoms with Gasteiger partial charge in [-0.3, -0.25) is 14.4 Å². The maximum absolute atomic E-state index is 13.4. The molecular weight excluding hydrogens is 594 g/mol. The number of fused-ring (bicyclic) bond motifs is 1. The van der Waals surface area contributed by atoms with Crippen LogP contribution < -0.4 is 21.7 Å². The molecule has 0 saturated carbocycles. The number of hydrogen-bond donors (Lipinski definition) is 7. The van der Waals surface area contributed by atoms with Gasteiger partial charge in [-0.15, -0.1) is 0 Å². The number of nitrogens with one attached hydrogen (secondary N) is 4. The van der Waals surface area contributed by atoms with Gasteiger partial charge < -0.3 is 46.4 Å². The molecule has 0 radical (unpaired) electrons. The molecule has 0 aliphatic rings. The summed E-state index contributed by atoms with van der Waals surface area (Å²) in [5, 5.41) is 29.5. The summed E-state index contributed by atoms with van der Waals surface area (Å²) >= 11 is 0. The maximum atomic E-state index is 13.4. The second kappa shape index (κ2) is 17.3. The molecule has 0 saturated heterocycles. The van der Waals surface area contributed by atoms with Crippen LogP contribution in [-0.4, -0.2) is 90.0 Å². The Balaban J connectivity index is 1.60. The number of rotatable bonds is 17. The summed E-state index contributed by atoms with van der Waals surface area (Å²) in [4.78, 5) is 54.6. The van der Waals surface area contributed by atoms with E-state index in [1.807, 2.05) is 38.1 Å². The van der Waals surface area contributed by atoms with Gasteiger partial charge >= 0.3 is 11.9 Å². The molecule has 13 nitrogen and oxygen atoms in total. The minimum absolute atomic E-state index is 0.0138. The molecule has 3 rings (SSSR count). The molecule has 0 unspecified atom stereocenters. The van der Waals surface area contributed by atoms with Gasteiger partial charge in [0.25, 0.3) is 5.91 Å². The van der Waals surface area contributed by atoms with Crippen molar-refractivity contribution in [3.63, 3.8) is 0 Å². The van der Waals surface area contributed by atoms with E-state index in [-0.39, 0.29) is 43.9 Å². The molecule has 2 aromatic carbocycles. The van der Waals surface area contributed by atoms with E-state index in [2.05, 4.69) is 20.9 Å². The van der Waals surface area contributed by atoms with E-state index in [1.165, 1.54) is 26.4 Å². The molecule has 1 heterocycles. The van der Waals surface area contributed by atoms with E-state index < -0.39 is 54.0 Å². The van der Waals surface area contributed by atoms with Crippen LogP contribution in [0.4, 0.5) is 0 Å². The van der Waals surface area contributed by atoms with Crippen molar-refractivity contribution in [3.8, 4) is 5.75 Å². The highest BCUT2D eigenvalue weighted by molar-refractivity contribution is 5.92. The van der Waals surface area contributed by atoms with Crippen LogP contribution in [0.1, 0.15) is 37.8 Å². The fraction of sp³-hybridized carbons (Fsp3) is 0.455. The molecule has 0 fully saturated rings. The first kappa shape index (κ1) is 36.0. The third kappa shape index (κ3) is 10.3. The van der Waals surface area contributed by atoms with Crippen LogP contribution in [0.25, 0.3) is 10.9 Å². The van der Waals surface area contributed by atoms with Gasteiger partial charge in [0.1, 0.15) is 30.0 Å². The van der Waals surface area contributed by atoms with E-state index in [0.717, 1.165) is 22.0 Å². The van der Waals surface area contributed by atoms with Gasteiger partial charge in [0.05, 0.1) is 14.2 Å². The standard InChI is InChI=1S/C33H45N5O8/c1-19(2)15-26(30(41)38-28(33(44)46-4)17-21-18-36-25-8-6-5-7-23(21)25)37-31(42)29(40)24(34)13-14-35-27(32(43)45-3)16-20-9-11-22(39)12-10-20/h5-12,18-19,24,26-29,35-36,39-40H,13-17,34H2,1-4H3,(H,37,42)(H,38,41)/t24-,26+,27+,28+,29+/m1/s1. The first-order valence-electron chi connectivity index (χ1n) is 15.2. The van der Waals surface area contributed by atoms with Crippen LogP contribution in [-0.2, 0) is 41.5 Å². The summed E-state index contributed by atoms with van der Waals surface area (Å²) in [5.74, 6) is -2.49. The van der Waals surface area contributed by atoms with E-state index in [1.54, 1.807) is 18.3 Å². The lowest BCUT2D eigenvalue weighted by Gasteiger charge is -2.26. The van der Waals surface area contributed by atoms with Crippen LogP contribution in [0.2, 0.25) is 0 Å². The van der Waals surface area contributed by atoms with Gasteiger partial charge in [-0.05, 0) is 61.1 Å². The Labute approximate surface area is 268 Å². The average Bonchev–Trinajstić information content (AvgIpc) is 3.45. The number of ether oxygens (including phenoxy) is 2. The second-order valence-corrected chi connectivity index (χ2v) is 11.6. The zero-order valence-electron chi connectivity index (χ0n) is 26.6. The third-order valence-corrected chi connectivity index (χ3v) is 7.65. The lowest BCUT2D eigenvalue weighted by Crippen LogP contribution is -2.56. The highest BCUT2D eigenvalue weighted by Gasteiger charge is 2.32. The summed E-state index contributed by atoms with van der Waals surface area (Å²) in [7, 11) is 2.50. The molecule has 8 N–H and O–H groups in total. The van der Waals surface area contributed by atoms with Gasteiger partial charge in [0.2, 0.25) is 5.91 Å². The average molecular weight is 640 g/mol. The van der Waals surface area contributed by atoms with Crippen molar-refractivity contribution in [2.45, 2.75) is 69.8 Å². The predicted octanol–water partition coefficient (Wildman–Crippen LogP) is 1.06. The number of amides is 2. The van der Waals surface area contributed by atoms with Gasteiger partial charge in [0, 0.05) is 29.6 Å². The van der Waals surface area contributed by atoms with Crippen LogP contribution in [0, 0.1) is 5.92 Å². The van der Waals surface area contributed by atoms with Crippen LogP contribution in [0.15, 0.2) is 54.7 Å². The van der Waals surface area contributed by atoms with E-state index in [4.69, 9.17) is 15.2 Å². The molecule has 13 heteroatoms. The topological polar surface area (TPSA) is 205 Å². The summed E-state index contributed by atoms with van der Waals surface area (Å²) in [6.45, 7) is 3.92. The number of para-hydroxylation sites is 1. The lowest BCUT2D eigenvalue weighted by atomic mass is 10.00. The number of aliphatic hydroxyl groups excluding tert-OH is 1. The summed E-state index contributed by atoms with van der Waals surface area (Å²) in [6.07, 6.45) is 0.913. The molecule has 0 bridgehead atoms. The van der Waals surface area contributed by atoms with E-state index in [0.29, 0.717) is 0 Å². The van der Waals surface area contributed by atoms with Crippen LogP contribution in [0.3, 0.4) is 0 Å². The largest absolute Gasteiger partial charge is 0.508 e. The normalized spacial score (nSPS) is 14.6. The maximum Gasteiger partial charge on any atom is 0.328 e. The molecule has 2 amide bonds. The number of aromatic hydroxyl groups is 1. The second-order valence-electron chi connectivity index (χ2n) is 11.6. The van der Waals surface area contributed by atoms with Gasteiger partial charge in [0.15, 0.2) is 0 Å². The van der Waals surface area contributed by atoms with Crippen molar-refractivity contribution in [2.75, 3.05) is 20.8 Å². The summed E-state index contributed by atoms with van der Waals surface area (Å²) in [6, 6.07) is 10.1. The Bertz CT molecular complexity index is 1460. The van der Waals surface area contributed by atoms with Gasteiger partial charge in [-0.1, -0.05) is 44.2 Å². The SMILES string of the molecule is COC(=O)[C@H](Cc1ccc(O)cc1)NCC[C@@H](N)[C@H](O)C(=O)N[C@@H](CC(C)C)C(=O)N[C@@H](Cc1c[nH]c2ccccc12)C(=O)OC. The smallest absolute Gasteiger partial charge is 0.328 e. The lowest BCUT2D eigenvalue weighted by molar-refractivity contribution is -0.145. The molecule has 5 atom stereocenters. The van der Waals surface area contributed by atoms with Crippen molar-refractivity contribution >= 4 is 34.7 Å². The Morgan fingerprint density at radius 1 is 0.870 bits per heavy atom. The Morgan fingerprint density at radius 2 is 1.50 bits per heavy atom. The highest BCUT2D eigenvalue weighted by atomic mass is 16.5. The zero-order valence-corrected chi connectivity index (χ0v) is 26.6.